The molecule has 0 amide bonds. The van der Waals surface area contributed by atoms with Gasteiger partial charge in [-0.2, -0.15) is 0 Å². The average Bonchev–Trinajstić information content (AvgIpc) is 2.80. The van der Waals surface area contributed by atoms with E-state index < -0.39 is 0 Å². The molecule has 0 aliphatic carbocycles. The Kier molecular flexibility index (Phi) is 2.61. The van der Waals surface area contributed by atoms with Crippen LogP contribution in [0.2, 0.25) is 0 Å². The molecule has 0 radical (unpaired) electrons. The molecule has 0 unspecified atom stereocenters. The first-order valence-electron chi connectivity index (χ1n) is 4.44. The summed E-state index contributed by atoms with van der Waals surface area (Å²) in [5.41, 5.74) is 1.84. The predicted molar refractivity (Wildman–Crippen MR) is 56.5 cm³/mol. The molecule has 0 aliphatic rings. The zero-order valence-electron chi connectivity index (χ0n) is 7.92. The number of hydrogen-bond acceptors (Lipinski definition) is 2. The number of aldehydes is 1. The SMILES string of the molecule is O=CC#Cc1ccc(-n2ccnc2)cc1. The van der Waals surface area contributed by atoms with Gasteiger partial charge in [-0.05, 0) is 30.2 Å². The van der Waals surface area contributed by atoms with Crippen molar-refractivity contribution in [2.75, 3.05) is 0 Å². The summed E-state index contributed by atoms with van der Waals surface area (Å²) in [6.07, 6.45) is 5.90. The predicted octanol–water partition coefficient (Wildman–Crippen LogP) is 1.42. The summed E-state index contributed by atoms with van der Waals surface area (Å²) >= 11 is 0. The summed E-state index contributed by atoms with van der Waals surface area (Å²) < 4.78 is 1.90. The van der Waals surface area contributed by atoms with Crippen LogP contribution in [-0.4, -0.2) is 15.8 Å². The average molecular weight is 196 g/mol. The van der Waals surface area contributed by atoms with Crippen LogP contribution in [0.4, 0.5) is 0 Å². The van der Waals surface area contributed by atoms with Crippen molar-refractivity contribution in [2.45, 2.75) is 0 Å². The second-order valence-corrected chi connectivity index (χ2v) is 2.90. The smallest absolute Gasteiger partial charge is 0.193 e. The molecule has 1 aromatic carbocycles. The fourth-order valence-electron chi connectivity index (χ4n) is 1.24. The van der Waals surface area contributed by atoms with Gasteiger partial charge < -0.3 is 4.57 Å². The zero-order valence-corrected chi connectivity index (χ0v) is 7.92. The molecule has 1 aromatic heterocycles. The molecule has 0 aliphatic heterocycles. The number of carbonyl (C=O) groups is 1. The lowest BCUT2D eigenvalue weighted by Crippen LogP contribution is -1.89. The third kappa shape index (κ3) is 2.12. The normalized spacial score (nSPS) is 9.07. The van der Waals surface area contributed by atoms with Gasteiger partial charge in [0, 0.05) is 23.6 Å². The Morgan fingerprint density at radius 2 is 2.07 bits per heavy atom. The molecular weight excluding hydrogens is 188 g/mol. The lowest BCUT2D eigenvalue weighted by atomic mass is 10.2. The quantitative estimate of drug-likeness (QED) is 0.510. The second-order valence-electron chi connectivity index (χ2n) is 2.90. The maximum atomic E-state index is 10.0. The van der Waals surface area contributed by atoms with E-state index in [2.05, 4.69) is 16.8 Å². The minimum atomic E-state index is 0.587. The summed E-state index contributed by atoms with van der Waals surface area (Å²) in [4.78, 5) is 14.0. The van der Waals surface area contributed by atoms with Gasteiger partial charge in [0.25, 0.3) is 0 Å². The first-order chi connectivity index (χ1) is 7.40. The van der Waals surface area contributed by atoms with Crippen molar-refractivity contribution in [3.8, 4) is 17.5 Å². The zero-order chi connectivity index (χ0) is 10.5. The monoisotopic (exact) mass is 196 g/mol. The van der Waals surface area contributed by atoms with E-state index in [-0.39, 0.29) is 0 Å². The number of benzene rings is 1. The van der Waals surface area contributed by atoms with E-state index in [1.165, 1.54) is 0 Å². The maximum absolute atomic E-state index is 10.0. The number of aromatic nitrogens is 2. The van der Waals surface area contributed by atoms with Gasteiger partial charge in [0.2, 0.25) is 0 Å². The Bertz CT molecular complexity index is 501. The van der Waals surface area contributed by atoms with E-state index >= 15 is 0 Å². The highest BCUT2D eigenvalue weighted by atomic mass is 16.1. The Morgan fingerprint density at radius 1 is 1.27 bits per heavy atom. The van der Waals surface area contributed by atoms with Crippen LogP contribution in [0, 0.1) is 11.8 Å². The molecule has 0 saturated heterocycles. The molecule has 0 spiro atoms. The summed E-state index contributed by atoms with van der Waals surface area (Å²) in [5.74, 6) is 5.09. The van der Waals surface area contributed by atoms with Gasteiger partial charge in [0.15, 0.2) is 6.29 Å². The highest BCUT2D eigenvalue weighted by molar-refractivity contribution is 5.74. The molecule has 15 heavy (non-hydrogen) atoms. The number of carbonyl (C=O) groups excluding carboxylic acids is 1. The van der Waals surface area contributed by atoms with Crippen LogP contribution < -0.4 is 0 Å². The lowest BCUT2D eigenvalue weighted by molar-refractivity contribution is -0.103. The van der Waals surface area contributed by atoms with E-state index in [0.29, 0.717) is 6.29 Å². The van der Waals surface area contributed by atoms with Crippen molar-refractivity contribution in [3.63, 3.8) is 0 Å². The minimum Gasteiger partial charge on any atom is -0.306 e. The van der Waals surface area contributed by atoms with Gasteiger partial charge in [-0.3, -0.25) is 4.79 Å². The maximum Gasteiger partial charge on any atom is 0.193 e. The van der Waals surface area contributed by atoms with E-state index in [1.54, 1.807) is 12.5 Å². The van der Waals surface area contributed by atoms with Crippen LogP contribution in [-0.2, 0) is 4.79 Å². The Morgan fingerprint density at radius 3 is 2.67 bits per heavy atom. The van der Waals surface area contributed by atoms with Crippen LogP contribution in [0.1, 0.15) is 5.56 Å². The first-order valence-corrected chi connectivity index (χ1v) is 4.44. The molecule has 72 valence electrons. The topological polar surface area (TPSA) is 34.9 Å². The van der Waals surface area contributed by atoms with Gasteiger partial charge >= 0.3 is 0 Å². The molecule has 2 rings (SSSR count). The number of rotatable bonds is 1. The molecule has 0 N–H and O–H groups in total. The third-order valence-corrected chi connectivity index (χ3v) is 1.95. The highest BCUT2D eigenvalue weighted by Gasteiger charge is 1.93. The van der Waals surface area contributed by atoms with Gasteiger partial charge in [0.1, 0.15) is 0 Å². The minimum absolute atomic E-state index is 0.587. The van der Waals surface area contributed by atoms with Crippen molar-refractivity contribution in [2.24, 2.45) is 0 Å². The van der Waals surface area contributed by atoms with Crippen molar-refractivity contribution >= 4 is 6.29 Å². The largest absolute Gasteiger partial charge is 0.306 e. The standard InChI is InChI=1S/C12H8N2O/c15-9-1-2-11-3-5-12(6-4-11)14-8-7-13-10-14/h3-10H. The fraction of sp³-hybridized carbons (Fsp3) is 0. The second kappa shape index (κ2) is 4.25. The molecule has 2 aromatic rings. The van der Waals surface area contributed by atoms with E-state index in [9.17, 15) is 4.79 Å². The molecule has 0 atom stereocenters. The molecule has 0 bridgehead atoms. The van der Waals surface area contributed by atoms with Crippen LogP contribution in [0.3, 0.4) is 0 Å². The number of imidazole rings is 1. The van der Waals surface area contributed by atoms with Gasteiger partial charge in [-0.15, -0.1) is 0 Å². The Hall–Kier alpha value is -2.34. The fourth-order valence-corrected chi connectivity index (χ4v) is 1.24. The van der Waals surface area contributed by atoms with Gasteiger partial charge in [-0.25, -0.2) is 4.98 Å². The lowest BCUT2D eigenvalue weighted by Gasteiger charge is -2.00. The number of nitrogens with zero attached hydrogens (tertiary/aromatic N) is 2. The van der Waals surface area contributed by atoms with Crippen molar-refractivity contribution < 1.29 is 4.79 Å². The summed E-state index contributed by atoms with van der Waals surface area (Å²) in [6.45, 7) is 0. The first kappa shape index (κ1) is 9.22. The third-order valence-electron chi connectivity index (χ3n) is 1.95. The van der Waals surface area contributed by atoms with Crippen LogP contribution in [0.5, 0.6) is 0 Å². The molecular formula is C12H8N2O. The Balaban J connectivity index is 2.28. The van der Waals surface area contributed by atoms with E-state index in [4.69, 9.17) is 0 Å². The molecule has 3 nitrogen and oxygen atoms in total. The van der Waals surface area contributed by atoms with E-state index in [0.717, 1.165) is 11.3 Å². The van der Waals surface area contributed by atoms with Crippen molar-refractivity contribution in [1.29, 1.82) is 0 Å². The highest BCUT2D eigenvalue weighted by Crippen LogP contribution is 2.08. The van der Waals surface area contributed by atoms with E-state index in [1.807, 2.05) is 35.0 Å². The summed E-state index contributed by atoms with van der Waals surface area (Å²) in [6, 6.07) is 7.59. The number of hydrogen-bond donors (Lipinski definition) is 0. The van der Waals surface area contributed by atoms with Gasteiger partial charge in [-0.1, -0.05) is 5.92 Å². The molecule has 0 fully saturated rings. The van der Waals surface area contributed by atoms with Crippen LogP contribution >= 0.6 is 0 Å². The van der Waals surface area contributed by atoms with Crippen molar-refractivity contribution in [3.05, 3.63) is 48.5 Å². The molecule has 3 heteroatoms. The van der Waals surface area contributed by atoms with Crippen molar-refractivity contribution in [1.82, 2.24) is 9.55 Å². The summed E-state index contributed by atoms with van der Waals surface area (Å²) in [5, 5.41) is 0. The summed E-state index contributed by atoms with van der Waals surface area (Å²) in [7, 11) is 0. The van der Waals surface area contributed by atoms with Crippen LogP contribution in [0.15, 0.2) is 43.0 Å². The van der Waals surface area contributed by atoms with Crippen LogP contribution in [0.25, 0.3) is 5.69 Å². The van der Waals surface area contributed by atoms with Gasteiger partial charge in [0.05, 0.1) is 6.33 Å². The Labute approximate surface area is 87.4 Å². The molecule has 0 saturated carbocycles. The molecule has 1 heterocycles.